The Balaban J connectivity index is 2.86. The third kappa shape index (κ3) is 16.3. The van der Waals surface area contributed by atoms with E-state index in [9.17, 15) is 0 Å². The van der Waals surface area contributed by atoms with Crippen LogP contribution in [0.15, 0.2) is 0 Å². The maximum absolute atomic E-state index is 5.52. The van der Waals surface area contributed by atoms with E-state index in [-0.39, 0.29) is 0 Å². The van der Waals surface area contributed by atoms with E-state index < -0.39 is 0 Å². The molecular formula is C15H32O2S. The van der Waals surface area contributed by atoms with Gasteiger partial charge >= 0.3 is 0 Å². The minimum absolute atomic E-state index is 0.752. The van der Waals surface area contributed by atoms with E-state index in [4.69, 9.17) is 9.47 Å². The quantitative estimate of drug-likeness (QED) is 0.410. The SMILES string of the molecule is CCCCCCSCCOCCOCCCCC. The number of thioether (sulfide) groups is 1. The van der Waals surface area contributed by atoms with Crippen LogP contribution in [0, 0.1) is 0 Å². The third-order valence-corrected chi connectivity index (χ3v) is 3.81. The van der Waals surface area contributed by atoms with Gasteiger partial charge in [-0.25, -0.2) is 0 Å². The summed E-state index contributed by atoms with van der Waals surface area (Å²) >= 11 is 2.01. The van der Waals surface area contributed by atoms with Crippen molar-refractivity contribution in [3.63, 3.8) is 0 Å². The van der Waals surface area contributed by atoms with Crippen LogP contribution in [0.2, 0.25) is 0 Å². The Morgan fingerprint density at radius 2 is 1.28 bits per heavy atom. The Labute approximate surface area is 118 Å². The maximum atomic E-state index is 5.52. The van der Waals surface area contributed by atoms with Gasteiger partial charge in [0.05, 0.1) is 19.8 Å². The van der Waals surface area contributed by atoms with Crippen molar-refractivity contribution in [1.29, 1.82) is 0 Å². The summed E-state index contributed by atoms with van der Waals surface area (Å²) < 4.78 is 11.0. The molecular weight excluding hydrogens is 244 g/mol. The summed E-state index contributed by atoms with van der Waals surface area (Å²) in [6, 6.07) is 0. The summed E-state index contributed by atoms with van der Waals surface area (Å²) in [6.45, 7) is 7.74. The molecule has 0 rings (SSSR count). The van der Waals surface area contributed by atoms with Crippen molar-refractivity contribution in [2.75, 3.05) is 37.9 Å². The fourth-order valence-corrected chi connectivity index (χ4v) is 2.47. The molecule has 0 spiro atoms. The predicted molar refractivity (Wildman–Crippen MR) is 82.6 cm³/mol. The lowest BCUT2D eigenvalue weighted by molar-refractivity contribution is 0.0523. The number of ether oxygens (including phenoxy) is 2. The van der Waals surface area contributed by atoms with E-state index in [0.29, 0.717) is 0 Å². The van der Waals surface area contributed by atoms with Gasteiger partial charge in [0.25, 0.3) is 0 Å². The average Bonchev–Trinajstić information content (AvgIpc) is 2.39. The molecule has 0 atom stereocenters. The zero-order valence-electron chi connectivity index (χ0n) is 12.4. The molecule has 2 nitrogen and oxygen atoms in total. The molecule has 0 saturated carbocycles. The Kier molecular flexibility index (Phi) is 17.5. The summed E-state index contributed by atoms with van der Waals surface area (Å²) in [5.74, 6) is 2.42. The summed E-state index contributed by atoms with van der Waals surface area (Å²) in [4.78, 5) is 0. The van der Waals surface area contributed by atoms with Crippen molar-refractivity contribution in [3.05, 3.63) is 0 Å². The molecule has 0 amide bonds. The second kappa shape index (κ2) is 17.3. The van der Waals surface area contributed by atoms with Gasteiger partial charge in [0.1, 0.15) is 0 Å². The molecule has 0 aromatic carbocycles. The third-order valence-electron chi connectivity index (χ3n) is 2.78. The first-order valence-electron chi connectivity index (χ1n) is 7.65. The highest BCUT2D eigenvalue weighted by atomic mass is 32.2. The van der Waals surface area contributed by atoms with Crippen molar-refractivity contribution in [2.45, 2.75) is 58.8 Å². The molecule has 110 valence electrons. The molecule has 3 heteroatoms. The molecule has 0 aromatic heterocycles. The molecule has 0 radical (unpaired) electrons. The van der Waals surface area contributed by atoms with Gasteiger partial charge in [0.2, 0.25) is 0 Å². The first kappa shape index (κ1) is 18.3. The second-order valence-corrected chi connectivity index (χ2v) is 5.83. The van der Waals surface area contributed by atoms with Crippen LogP contribution in [0.25, 0.3) is 0 Å². The van der Waals surface area contributed by atoms with E-state index in [1.807, 2.05) is 11.8 Å². The van der Waals surface area contributed by atoms with E-state index in [0.717, 1.165) is 32.2 Å². The zero-order chi connectivity index (χ0) is 13.3. The van der Waals surface area contributed by atoms with Gasteiger partial charge in [-0.05, 0) is 18.6 Å². The van der Waals surface area contributed by atoms with Crippen LogP contribution in [-0.2, 0) is 9.47 Å². The lowest BCUT2D eigenvalue weighted by atomic mass is 10.2. The lowest BCUT2D eigenvalue weighted by Crippen LogP contribution is -2.07. The molecule has 0 aliphatic heterocycles. The Morgan fingerprint density at radius 1 is 0.611 bits per heavy atom. The average molecular weight is 276 g/mol. The number of hydrogen-bond acceptors (Lipinski definition) is 3. The Bertz CT molecular complexity index is 126. The normalized spacial score (nSPS) is 11.0. The Morgan fingerprint density at radius 3 is 2.00 bits per heavy atom. The molecule has 0 unspecified atom stereocenters. The maximum Gasteiger partial charge on any atom is 0.0700 e. The van der Waals surface area contributed by atoms with Crippen molar-refractivity contribution in [2.24, 2.45) is 0 Å². The van der Waals surface area contributed by atoms with Crippen LogP contribution >= 0.6 is 11.8 Å². The zero-order valence-corrected chi connectivity index (χ0v) is 13.2. The summed E-state index contributed by atoms with van der Waals surface area (Å²) in [6.07, 6.45) is 9.17. The van der Waals surface area contributed by atoms with Crippen LogP contribution in [0.3, 0.4) is 0 Å². The molecule has 0 N–H and O–H groups in total. The Hall–Kier alpha value is 0.270. The fourth-order valence-electron chi connectivity index (χ4n) is 1.63. The largest absolute Gasteiger partial charge is 0.379 e. The van der Waals surface area contributed by atoms with Gasteiger partial charge in [-0.3, -0.25) is 0 Å². The highest BCUT2D eigenvalue weighted by Crippen LogP contribution is 2.07. The minimum atomic E-state index is 0.752. The topological polar surface area (TPSA) is 18.5 Å². The lowest BCUT2D eigenvalue weighted by Gasteiger charge is -2.05. The van der Waals surface area contributed by atoms with Gasteiger partial charge in [-0.15, -0.1) is 0 Å². The molecule has 0 aliphatic rings. The number of hydrogen-bond donors (Lipinski definition) is 0. The predicted octanol–water partition coefficient (Wildman–Crippen LogP) is 4.52. The summed E-state index contributed by atoms with van der Waals surface area (Å²) in [7, 11) is 0. The molecule has 0 bridgehead atoms. The standard InChI is InChI=1S/C15H32O2S/c1-3-5-7-9-14-18-15-13-17-12-11-16-10-8-6-4-2/h3-15H2,1-2H3. The first-order valence-corrected chi connectivity index (χ1v) is 8.80. The van der Waals surface area contributed by atoms with Gasteiger partial charge in [0, 0.05) is 12.4 Å². The van der Waals surface area contributed by atoms with Crippen LogP contribution in [0.1, 0.15) is 58.8 Å². The molecule has 0 aromatic rings. The highest BCUT2D eigenvalue weighted by molar-refractivity contribution is 7.99. The van der Waals surface area contributed by atoms with E-state index in [2.05, 4.69) is 13.8 Å². The minimum Gasteiger partial charge on any atom is -0.379 e. The molecule has 0 fully saturated rings. The van der Waals surface area contributed by atoms with E-state index >= 15 is 0 Å². The van der Waals surface area contributed by atoms with Crippen LogP contribution in [-0.4, -0.2) is 37.9 Å². The fraction of sp³-hybridized carbons (Fsp3) is 1.00. The van der Waals surface area contributed by atoms with Crippen LogP contribution in [0.4, 0.5) is 0 Å². The number of unbranched alkanes of at least 4 members (excludes halogenated alkanes) is 5. The molecule has 18 heavy (non-hydrogen) atoms. The highest BCUT2D eigenvalue weighted by Gasteiger charge is 1.93. The van der Waals surface area contributed by atoms with Crippen molar-refractivity contribution >= 4 is 11.8 Å². The van der Waals surface area contributed by atoms with Crippen LogP contribution in [0.5, 0.6) is 0 Å². The molecule has 0 saturated heterocycles. The monoisotopic (exact) mass is 276 g/mol. The smallest absolute Gasteiger partial charge is 0.0700 e. The van der Waals surface area contributed by atoms with Gasteiger partial charge in [0.15, 0.2) is 0 Å². The van der Waals surface area contributed by atoms with E-state index in [1.54, 1.807) is 0 Å². The van der Waals surface area contributed by atoms with Gasteiger partial charge in [-0.1, -0.05) is 46.0 Å². The van der Waals surface area contributed by atoms with Crippen molar-refractivity contribution in [1.82, 2.24) is 0 Å². The summed E-state index contributed by atoms with van der Waals surface area (Å²) in [5, 5.41) is 0. The molecule has 0 aliphatic carbocycles. The van der Waals surface area contributed by atoms with Crippen molar-refractivity contribution in [3.8, 4) is 0 Å². The first-order chi connectivity index (χ1) is 8.91. The van der Waals surface area contributed by atoms with Crippen LogP contribution < -0.4 is 0 Å². The summed E-state index contributed by atoms with van der Waals surface area (Å²) in [5.41, 5.74) is 0. The number of rotatable bonds is 15. The van der Waals surface area contributed by atoms with Gasteiger partial charge in [-0.2, -0.15) is 11.8 Å². The van der Waals surface area contributed by atoms with Gasteiger partial charge < -0.3 is 9.47 Å². The van der Waals surface area contributed by atoms with Crippen molar-refractivity contribution < 1.29 is 9.47 Å². The molecule has 0 heterocycles. The van der Waals surface area contributed by atoms with E-state index in [1.165, 1.54) is 50.7 Å². The second-order valence-electron chi connectivity index (χ2n) is 4.60.